The maximum Gasteiger partial charge on any atom is 0.417 e. The van der Waals surface area contributed by atoms with Gasteiger partial charge in [-0.05, 0) is 42.0 Å². The average molecular weight is 517 g/mol. The van der Waals surface area contributed by atoms with Crippen LogP contribution in [0.1, 0.15) is 21.5 Å². The number of hydrogen-bond donors (Lipinski definition) is 0. The van der Waals surface area contributed by atoms with Crippen LogP contribution < -0.4 is 9.64 Å². The number of allylic oxidation sites excluding steroid dienone is 1. The lowest BCUT2D eigenvalue weighted by molar-refractivity contribution is -0.137. The van der Waals surface area contributed by atoms with E-state index >= 15 is 0 Å². The zero-order valence-corrected chi connectivity index (χ0v) is 20.0. The first-order valence-corrected chi connectivity index (χ1v) is 11.7. The van der Waals surface area contributed by atoms with Crippen LogP contribution in [0.5, 0.6) is 5.75 Å². The number of benzene rings is 1. The molecule has 0 unspecified atom stereocenters. The molecule has 188 valence electrons. The lowest BCUT2D eigenvalue weighted by Crippen LogP contribution is -2.47. The predicted molar refractivity (Wildman–Crippen MR) is 132 cm³/mol. The minimum atomic E-state index is -4.47. The Kier molecular flexibility index (Phi) is 8.22. The molecule has 0 N–H and O–H groups in total. The number of halogens is 4. The summed E-state index contributed by atoms with van der Waals surface area (Å²) in [4.78, 5) is 24.1. The molecule has 0 spiro atoms. The zero-order chi connectivity index (χ0) is 25.5. The van der Waals surface area contributed by atoms with Gasteiger partial charge in [0.1, 0.15) is 18.2 Å². The summed E-state index contributed by atoms with van der Waals surface area (Å²) in [6, 6.07) is 11.7. The average Bonchev–Trinajstić information content (AvgIpc) is 2.88. The maximum absolute atomic E-state index is 12.8. The Morgan fingerprint density at radius 3 is 2.39 bits per heavy atom. The zero-order valence-electron chi connectivity index (χ0n) is 19.3. The lowest BCUT2D eigenvalue weighted by Gasteiger charge is -2.35. The van der Waals surface area contributed by atoms with E-state index in [1.54, 1.807) is 30.6 Å². The fourth-order valence-corrected chi connectivity index (χ4v) is 4.04. The first-order valence-electron chi connectivity index (χ1n) is 11.3. The van der Waals surface area contributed by atoms with Gasteiger partial charge in [0.15, 0.2) is 5.78 Å². The standard InChI is InChI=1S/C26H24ClF3N4O2/c27-23-17-21(26(28,29)30)18-32-25(23)34-13-11-33(12-14-34)15-16-36-22-4-1-19(2-5-22)3-6-24(35)20-7-9-31-10-8-20/h1-10,17-18H,11-16H2. The Bertz CT molecular complexity index is 1200. The van der Waals surface area contributed by atoms with E-state index in [1.165, 1.54) is 6.08 Å². The van der Waals surface area contributed by atoms with Crippen molar-refractivity contribution in [3.8, 4) is 5.75 Å². The van der Waals surface area contributed by atoms with Crippen LogP contribution in [0.4, 0.5) is 19.0 Å². The van der Waals surface area contributed by atoms with E-state index in [0.717, 1.165) is 36.7 Å². The van der Waals surface area contributed by atoms with E-state index in [0.29, 0.717) is 37.6 Å². The highest BCUT2D eigenvalue weighted by atomic mass is 35.5. The van der Waals surface area contributed by atoms with Gasteiger partial charge in [0.05, 0.1) is 10.6 Å². The van der Waals surface area contributed by atoms with E-state index in [1.807, 2.05) is 29.2 Å². The second-order valence-electron chi connectivity index (χ2n) is 8.21. The smallest absolute Gasteiger partial charge is 0.417 e. The molecule has 10 heteroatoms. The largest absolute Gasteiger partial charge is 0.492 e. The number of ketones is 1. The molecule has 1 aliphatic heterocycles. The summed E-state index contributed by atoms with van der Waals surface area (Å²) < 4.78 is 44.3. The molecule has 0 radical (unpaired) electrons. The fourth-order valence-electron chi connectivity index (χ4n) is 3.75. The van der Waals surface area contributed by atoms with Crippen LogP contribution in [0, 0.1) is 0 Å². The summed E-state index contributed by atoms with van der Waals surface area (Å²) in [5.74, 6) is 1.01. The molecular formula is C26H24ClF3N4O2. The molecule has 36 heavy (non-hydrogen) atoms. The number of hydrogen-bond acceptors (Lipinski definition) is 6. The number of anilines is 1. The number of ether oxygens (including phenoxy) is 1. The van der Waals surface area contributed by atoms with Gasteiger partial charge in [-0.2, -0.15) is 13.2 Å². The summed E-state index contributed by atoms with van der Waals surface area (Å²) in [6.07, 6.45) is 2.80. The van der Waals surface area contributed by atoms with E-state index in [2.05, 4.69) is 14.9 Å². The van der Waals surface area contributed by atoms with Crippen LogP contribution in [0.25, 0.3) is 6.08 Å². The third-order valence-corrected chi connectivity index (χ3v) is 6.05. The normalized spacial score (nSPS) is 14.8. The van der Waals surface area contributed by atoms with Crippen LogP contribution in [0.15, 0.2) is 67.1 Å². The SMILES string of the molecule is O=C(C=Cc1ccc(OCCN2CCN(c3ncc(C(F)(F)F)cc3Cl)CC2)cc1)c1ccncc1. The number of carbonyl (C=O) groups excluding carboxylic acids is 1. The molecule has 1 aromatic carbocycles. The van der Waals surface area contributed by atoms with Gasteiger partial charge in [0.2, 0.25) is 0 Å². The molecule has 6 nitrogen and oxygen atoms in total. The molecule has 3 aromatic rings. The minimum Gasteiger partial charge on any atom is -0.492 e. The maximum atomic E-state index is 12.8. The van der Waals surface area contributed by atoms with Crippen molar-refractivity contribution < 1.29 is 22.7 Å². The molecular weight excluding hydrogens is 493 g/mol. The Morgan fingerprint density at radius 1 is 1.06 bits per heavy atom. The molecule has 0 amide bonds. The monoisotopic (exact) mass is 516 g/mol. The van der Waals surface area contributed by atoms with E-state index < -0.39 is 11.7 Å². The van der Waals surface area contributed by atoms with Crippen LogP contribution >= 0.6 is 11.6 Å². The number of nitrogens with zero attached hydrogens (tertiary/aromatic N) is 4. The molecule has 2 aromatic heterocycles. The van der Waals surface area contributed by atoms with Crippen molar-refractivity contribution in [1.29, 1.82) is 0 Å². The number of rotatable bonds is 8. The number of pyridine rings is 2. The third-order valence-electron chi connectivity index (χ3n) is 5.77. The molecule has 0 atom stereocenters. The second kappa shape index (κ2) is 11.5. The molecule has 1 fully saturated rings. The van der Waals surface area contributed by atoms with Gasteiger partial charge in [-0.1, -0.05) is 29.8 Å². The van der Waals surface area contributed by atoms with Crippen molar-refractivity contribution in [1.82, 2.24) is 14.9 Å². The Hall–Kier alpha value is -3.43. The molecule has 1 saturated heterocycles. The first kappa shape index (κ1) is 25.7. The van der Waals surface area contributed by atoms with Crippen molar-refractivity contribution >= 4 is 29.3 Å². The first-order chi connectivity index (χ1) is 17.3. The highest BCUT2D eigenvalue weighted by Crippen LogP contribution is 2.33. The van der Waals surface area contributed by atoms with Gasteiger partial charge < -0.3 is 9.64 Å². The molecule has 1 aliphatic rings. The highest BCUT2D eigenvalue weighted by Gasteiger charge is 2.32. The summed E-state index contributed by atoms with van der Waals surface area (Å²) in [5, 5.41) is 0.00151. The minimum absolute atomic E-state index is 0.00151. The summed E-state index contributed by atoms with van der Waals surface area (Å²) >= 11 is 6.07. The predicted octanol–water partition coefficient (Wildman–Crippen LogP) is 5.25. The van der Waals surface area contributed by atoms with Crippen molar-refractivity contribution in [2.75, 3.05) is 44.2 Å². The van der Waals surface area contributed by atoms with Crippen molar-refractivity contribution in [2.24, 2.45) is 0 Å². The van der Waals surface area contributed by atoms with E-state index in [9.17, 15) is 18.0 Å². The third kappa shape index (κ3) is 6.83. The number of carbonyl (C=O) groups is 1. The molecule has 0 saturated carbocycles. The molecule has 0 bridgehead atoms. The van der Waals surface area contributed by atoms with Gasteiger partial charge in [-0.25, -0.2) is 4.98 Å². The van der Waals surface area contributed by atoms with Gasteiger partial charge in [0, 0.05) is 56.9 Å². The van der Waals surface area contributed by atoms with E-state index in [4.69, 9.17) is 16.3 Å². The van der Waals surface area contributed by atoms with Gasteiger partial charge in [0.25, 0.3) is 0 Å². The molecule has 3 heterocycles. The summed E-state index contributed by atoms with van der Waals surface area (Å²) in [6.45, 7) is 3.86. The van der Waals surface area contributed by atoms with Crippen LogP contribution in [0.2, 0.25) is 5.02 Å². The quantitative estimate of drug-likeness (QED) is 0.301. The van der Waals surface area contributed by atoms with Gasteiger partial charge >= 0.3 is 6.18 Å². The van der Waals surface area contributed by atoms with Gasteiger partial charge in [-0.3, -0.25) is 14.7 Å². The highest BCUT2D eigenvalue weighted by molar-refractivity contribution is 6.33. The van der Waals surface area contributed by atoms with E-state index in [-0.39, 0.29) is 10.8 Å². The Balaban J connectivity index is 1.20. The Morgan fingerprint density at radius 2 is 1.75 bits per heavy atom. The topological polar surface area (TPSA) is 58.6 Å². The van der Waals surface area contributed by atoms with Gasteiger partial charge in [-0.15, -0.1) is 0 Å². The number of alkyl halides is 3. The Labute approximate surface area is 212 Å². The summed E-state index contributed by atoms with van der Waals surface area (Å²) in [7, 11) is 0. The number of piperazine rings is 1. The van der Waals surface area contributed by atoms with Crippen molar-refractivity contribution in [3.05, 3.63) is 88.8 Å². The molecule has 0 aliphatic carbocycles. The van der Waals surface area contributed by atoms with Crippen LogP contribution in [-0.4, -0.2) is 60.0 Å². The number of aromatic nitrogens is 2. The fraction of sp³-hybridized carbons (Fsp3) is 0.269. The van der Waals surface area contributed by atoms with Crippen LogP contribution in [-0.2, 0) is 6.18 Å². The van der Waals surface area contributed by atoms with Crippen LogP contribution in [0.3, 0.4) is 0 Å². The molecule has 4 rings (SSSR count). The van der Waals surface area contributed by atoms with Crippen molar-refractivity contribution in [2.45, 2.75) is 6.18 Å². The van der Waals surface area contributed by atoms with Crippen molar-refractivity contribution in [3.63, 3.8) is 0 Å². The lowest BCUT2D eigenvalue weighted by atomic mass is 10.1. The summed E-state index contributed by atoms with van der Waals surface area (Å²) in [5.41, 5.74) is 0.617. The second-order valence-corrected chi connectivity index (χ2v) is 8.61.